The molecule has 0 radical (unpaired) electrons. The largest absolute Gasteiger partial charge is 0.379 e. The summed E-state index contributed by atoms with van der Waals surface area (Å²) < 4.78 is 5.56. The van der Waals surface area contributed by atoms with Gasteiger partial charge in [-0.05, 0) is 37.3 Å². The standard InChI is InChI=1S/C16H22N4O2/c1-11-3-6-14(15-13(11)9-17-19-15)18-16(21)20(2)7-8-22-10-12-4-5-12/h3,6,9,12H,4-5,7-8,10H2,1-2H3,(H,17,19)(H,18,21). The molecule has 1 saturated carbocycles. The van der Waals surface area contributed by atoms with Gasteiger partial charge in [0.2, 0.25) is 0 Å². The Morgan fingerprint density at radius 2 is 2.32 bits per heavy atom. The van der Waals surface area contributed by atoms with Crippen LogP contribution in [-0.4, -0.2) is 47.9 Å². The lowest BCUT2D eigenvalue weighted by molar-refractivity contribution is 0.109. The van der Waals surface area contributed by atoms with Crippen LogP contribution in [0.5, 0.6) is 0 Å². The first-order valence-electron chi connectivity index (χ1n) is 7.67. The highest BCUT2D eigenvalue weighted by atomic mass is 16.5. The fourth-order valence-electron chi connectivity index (χ4n) is 2.32. The monoisotopic (exact) mass is 302 g/mol. The maximum Gasteiger partial charge on any atom is 0.321 e. The Bertz CT molecular complexity index is 663. The van der Waals surface area contributed by atoms with Gasteiger partial charge in [-0.1, -0.05) is 6.07 Å². The van der Waals surface area contributed by atoms with Gasteiger partial charge in [0.1, 0.15) is 0 Å². The number of fused-ring (bicyclic) bond motifs is 1. The van der Waals surface area contributed by atoms with Gasteiger partial charge in [-0.25, -0.2) is 4.79 Å². The minimum absolute atomic E-state index is 0.144. The third kappa shape index (κ3) is 3.39. The first-order chi connectivity index (χ1) is 10.6. The zero-order valence-corrected chi connectivity index (χ0v) is 13.1. The molecule has 2 amide bonds. The van der Waals surface area contributed by atoms with Gasteiger partial charge in [-0.3, -0.25) is 5.10 Å². The Morgan fingerprint density at radius 1 is 1.50 bits per heavy atom. The highest BCUT2D eigenvalue weighted by Gasteiger charge is 2.21. The van der Waals surface area contributed by atoms with E-state index < -0.39 is 0 Å². The minimum Gasteiger partial charge on any atom is -0.379 e. The molecule has 0 atom stereocenters. The van der Waals surface area contributed by atoms with Crippen LogP contribution in [0.4, 0.5) is 10.5 Å². The molecule has 6 heteroatoms. The van der Waals surface area contributed by atoms with Gasteiger partial charge in [-0.15, -0.1) is 0 Å². The van der Waals surface area contributed by atoms with Crippen LogP contribution in [-0.2, 0) is 4.74 Å². The van der Waals surface area contributed by atoms with Crippen LogP contribution >= 0.6 is 0 Å². The Kier molecular flexibility index (Phi) is 4.29. The summed E-state index contributed by atoms with van der Waals surface area (Å²) in [6.07, 6.45) is 4.34. The van der Waals surface area contributed by atoms with Gasteiger partial charge in [0.05, 0.1) is 24.0 Å². The molecule has 0 saturated heterocycles. The summed E-state index contributed by atoms with van der Waals surface area (Å²) in [6.45, 7) is 4.00. The summed E-state index contributed by atoms with van der Waals surface area (Å²) in [5.41, 5.74) is 2.73. The number of aryl methyl sites for hydroxylation is 1. The van der Waals surface area contributed by atoms with E-state index in [1.807, 2.05) is 19.1 Å². The summed E-state index contributed by atoms with van der Waals surface area (Å²) in [5.74, 6) is 0.750. The molecule has 1 aliphatic rings. The number of benzene rings is 1. The zero-order valence-electron chi connectivity index (χ0n) is 13.1. The van der Waals surface area contributed by atoms with Crippen molar-refractivity contribution < 1.29 is 9.53 Å². The average Bonchev–Trinajstić information content (AvgIpc) is 3.19. The molecule has 118 valence electrons. The van der Waals surface area contributed by atoms with E-state index in [1.165, 1.54) is 12.8 Å². The maximum absolute atomic E-state index is 12.2. The molecule has 1 aliphatic carbocycles. The number of hydrogen-bond donors (Lipinski definition) is 2. The number of carbonyl (C=O) groups excluding carboxylic acids is 1. The molecule has 22 heavy (non-hydrogen) atoms. The summed E-state index contributed by atoms with van der Waals surface area (Å²) in [5, 5.41) is 10.9. The van der Waals surface area contributed by atoms with Crippen molar-refractivity contribution in [1.29, 1.82) is 0 Å². The van der Waals surface area contributed by atoms with E-state index in [2.05, 4.69) is 15.5 Å². The van der Waals surface area contributed by atoms with Gasteiger partial charge in [0.15, 0.2) is 0 Å². The molecule has 1 aromatic carbocycles. The molecule has 0 unspecified atom stereocenters. The van der Waals surface area contributed by atoms with Crippen molar-refractivity contribution in [3.63, 3.8) is 0 Å². The number of rotatable bonds is 6. The summed E-state index contributed by atoms with van der Waals surface area (Å²) in [7, 11) is 1.77. The summed E-state index contributed by atoms with van der Waals surface area (Å²) in [6, 6.07) is 3.73. The highest BCUT2D eigenvalue weighted by Crippen LogP contribution is 2.28. The number of nitrogens with zero attached hydrogens (tertiary/aromatic N) is 2. The number of ether oxygens (including phenoxy) is 1. The van der Waals surface area contributed by atoms with Crippen LogP contribution in [0.3, 0.4) is 0 Å². The van der Waals surface area contributed by atoms with Crippen molar-refractivity contribution in [3.05, 3.63) is 23.9 Å². The van der Waals surface area contributed by atoms with E-state index in [4.69, 9.17) is 4.74 Å². The van der Waals surface area contributed by atoms with Crippen molar-refractivity contribution in [3.8, 4) is 0 Å². The molecule has 3 rings (SSSR count). The average molecular weight is 302 g/mol. The van der Waals surface area contributed by atoms with Gasteiger partial charge in [0.25, 0.3) is 0 Å². The van der Waals surface area contributed by atoms with Crippen molar-refractivity contribution in [1.82, 2.24) is 15.1 Å². The fraction of sp³-hybridized carbons (Fsp3) is 0.500. The number of carbonyl (C=O) groups is 1. The molecule has 0 aliphatic heterocycles. The first-order valence-corrected chi connectivity index (χ1v) is 7.67. The Morgan fingerprint density at radius 3 is 3.09 bits per heavy atom. The van der Waals surface area contributed by atoms with Gasteiger partial charge >= 0.3 is 6.03 Å². The maximum atomic E-state index is 12.2. The van der Waals surface area contributed by atoms with Crippen LogP contribution in [0.2, 0.25) is 0 Å². The van der Waals surface area contributed by atoms with E-state index >= 15 is 0 Å². The zero-order chi connectivity index (χ0) is 15.5. The van der Waals surface area contributed by atoms with Gasteiger partial charge in [0, 0.05) is 25.6 Å². The predicted octanol–water partition coefficient (Wildman–Crippen LogP) is 2.76. The van der Waals surface area contributed by atoms with Crippen LogP contribution in [0, 0.1) is 12.8 Å². The number of aromatic amines is 1. The number of hydrogen-bond acceptors (Lipinski definition) is 3. The van der Waals surface area contributed by atoms with E-state index in [0.717, 1.165) is 34.7 Å². The number of amides is 2. The molecule has 0 bridgehead atoms. The van der Waals surface area contributed by atoms with Crippen molar-refractivity contribution >= 4 is 22.6 Å². The topological polar surface area (TPSA) is 70.2 Å². The van der Waals surface area contributed by atoms with E-state index in [-0.39, 0.29) is 6.03 Å². The summed E-state index contributed by atoms with van der Waals surface area (Å²) in [4.78, 5) is 13.9. The van der Waals surface area contributed by atoms with Crippen molar-refractivity contribution in [2.24, 2.45) is 5.92 Å². The highest BCUT2D eigenvalue weighted by molar-refractivity contribution is 6.00. The molecule has 2 aromatic rings. The Balaban J connectivity index is 1.55. The Hall–Kier alpha value is -2.08. The fourth-order valence-corrected chi connectivity index (χ4v) is 2.32. The van der Waals surface area contributed by atoms with Crippen molar-refractivity contribution in [2.75, 3.05) is 32.1 Å². The lowest BCUT2D eigenvalue weighted by Gasteiger charge is -2.18. The quantitative estimate of drug-likeness (QED) is 0.806. The molecule has 1 fully saturated rings. The molecular formula is C16H22N4O2. The smallest absolute Gasteiger partial charge is 0.321 e. The lowest BCUT2D eigenvalue weighted by atomic mass is 10.1. The Labute approximate surface area is 129 Å². The number of urea groups is 1. The van der Waals surface area contributed by atoms with Crippen molar-refractivity contribution in [2.45, 2.75) is 19.8 Å². The van der Waals surface area contributed by atoms with E-state index in [1.54, 1.807) is 18.1 Å². The third-order valence-corrected chi connectivity index (χ3v) is 4.04. The van der Waals surface area contributed by atoms with Crippen LogP contribution in [0.25, 0.3) is 10.9 Å². The molecule has 0 spiro atoms. The lowest BCUT2D eigenvalue weighted by Crippen LogP contribution is -2.34. The minimum atomic E-state index is -0.144. The second-order valence-corrected chi connectivity index (χ2v) is 5.96. The first kappa shape index (κ1) is 14.8. The van der Waals surface area contributed by atoms with Gasteiger partial charge in [-0.2, -0.15) is 5.10 Å². The van der Waals surface area contributed by atoms with E-state index in [0.29, 0.717) is 13.2 Å². The van der Waals surface area contributed by atoms with Crippen LogP contribution < -0.4 is 5.32 Å². The number of likely N-dealkylation sites (N-methyl/N-ethyl adjacent to an activating group) is 1. The molecular weight excluding hydrogens is 280 g/mol. The molecule has 1 aromatic heterocycles. The molecule has 6 nitrogen and oxygen atoms in total. The number of nitrogens with one attached hydrogen (secondary N) is 2. The SMILES string of the molecule is Cc1ccc(NC(=O)N(C)CCOCC2CC2)c2[nH]ncc12. The van der Waals surface area contributed by atoms with Gasteiger partial charge < -0.3 is 15.0 Å². The number of aromatic nitrogens is 2. The van der Waals surface area contributed by atoms with Crippen LogP contribution in [0.15, 0.2) is 18.3 Å². The second kappa shape index (κ2) is 6.36. The molecule has 1 heterocycles. The summed E-state index contributed by atoms with van der Waals surface area (Å²) >= 11 is 0. The number of H-pyrrole nitrogens is 1. The second-order valence-electron chi connectivity index (χ2n) is 5.96. The molecule has 2 N–H and O–H groups in total. The predicted molar refractivity (Wildman–Crippen MR) is 86.0 cm³/mol. The normalized spacial score (nSPS) is 14.3. The number of anilines is 1. The van der Waals surface area contributed by atoms with E-state index in [9.17, 15) is 4.79 Å². The van der Waals surface area contributed by atoms with Crippen LogP contribution in [0.1, 0.15) is 18.4 Å². The third-order valence-electron chi connectivity index (χ3n) is 4.04.